The highest BCUT2D eigenvalue weighted by Gasteiger charge is 2.30. The number of aliphatic carboxylic acids is 4. The molecular formula is C32H60O12. The summed E-state index contributed by atoms with van der Waals surface area (Å²) in [7, 11) is 2.00. The fraction of sp³-hybridized carbons (Fsp3) is 0.625. The van der Waals surface area contributed by atoms with Crippen molar-refractivity contribution in [3.8, 4) is 0 Å². The third kappa shape index (κ3) is 45.7. The van der Waals surface area contributed by atoms with E-state index in [4.69, 9.17) is 40.9 Å². The number of carbonyl (C=O) groups is 4. The van der Waals surface area contributed by atoms with Crippen molar-refractivity contribution in [2.24, 2.45) is 5.41 Å². The van der Waals surface area contributed by atoms with Crippen LogP contribution in [-0.2, 0) is 19.2 Å². The lowest BCUT2D eigenvalue weighted by atomic mass is 9.75. The van der Waals surface area contributed by atoms with Crippen molar-refractivity contribution in [1.82, 2.24) is 0 Å². The van der Waals surface area contributed by atoms with E-state index in [9.17, 15) is 19.2 Å². The van der Waals surface area contributed by atoms with Crippen molar-refractivity contribution in [2.45, 2.75) is 98.3 Å². The van der Waals surface area contributed by atoms with Crippen molar-refractivity contribution in [1.29, 1.82) is 0 Å². The van der Waals surface area contributed by atoms with E-state index in [2.05, 4.69) is 26.3 Å². The Hall–Kier alpha value is -3.32. The van der Waals surface area contributed by atoms with Crippen molar-refractivity contribution in [3.05, 3.63) is 48.6 Å². The van der Waals surface area contributed by atoms with Crippen molar-refractivity contribution in [2.75, 3.05) is 27.4 Å². The van der Waals surface area contributed by atoms with E-state index in [0.29, 0.717) is 0 Å². The third-order valence-electron chi connectivity index (χ3n) is 5.55. The van der Waals surface area contributed by atoms with E-state index >= 15 is 0 Å². The zero-order chi connectivity index (χ0) is 36.3. The molecule has 2 aliphatic carbocycles. The fourth-order valence-electron chi connectivity index (χ4n) is 2.73. The van der Waals surface area contributed by atoms with E-state index in [1.165, 1.54) is 85.5 Å². The highest BCUT2D eigenvalue weighted by Crippen LogP contribution is 2.34. The topological polar surface area (TPSA) is 230 Å². The van der Waals surface area contributed by atoms with Crippen LogP contribution in [0.15, 0.2) is 48.6 Å². The van der Waals surface area contributed by atoms with Gasteiger partial charge in [-0.05, 0) is 40.5 Å². The Labute approximate surface area is 263 Å². The molecule has 0 radical (unpaired) electrons. The first-order valence-electron chi connectivity index (χ1n) is 14.1. The van der Waals surface area contributed by atoms with Crippen LogP contribution in [0.2, 0.25) is 0 Å². The molecular weight excluding hydrogens is 576 g/mol. The largest absolute Gasteiger partial charge is 0.478 e. The summed E-state index contributed by atoms with van der Waals surface area (Å²) in [5.74, 6) is -3.74. The van der Waals surface area contributed by atoms with E-state index in [1.807, 2.05) is 0 Å². The van der Waals surface area contributed by atoms with Gasteiger partial charge in [0.05, 0.1) is 13.2 Å². The SMILES string of the molecule is C1CCCCC1.C=C(C)C(=O)O.C=C(C)C(=O)O.C=C(C)C(=O)O.C=C(C)C(=O)O.CO.CO.OCC1(CO)CCCCC1. The van der Waals surface area contributed by atoms with E-state index < -0.39 is 23.9 Å². The lowest BCUT2D eigenvalue weighted by molar-refractivity contribution is -0.133. The predicted molar refractivity (Wildman–Crippen MR) is 173 cm³/mol. The van der Waals surface area contributed by atoms with Crippen LogP contribution in [0, 0.1) is 5.41 Å². The molecule has 0 heterocycles. The average molecular weight is 637 g/mol. The Bertz CT molecular complexity index is 645. The Kier molecular flexibility index (Phi) is 45.6. The zero-order valence-corrected chi connectivity index (χ0v) is 27.7. The van der Waals surface area contributed by atoms with Gasteiger partial charge < -0.3 is 40.9 Å². The number of aliphatic hydroxyl groups excluding tert-OH is 4. The minimum Gasteiger partial charge on any atom is -0.478 e. The quantitative estimate of drug-likeness (QED) is 0.179. The van der Waals surface area contributed by atoms with Crippen LogP contribution >= 0.6 is 0 Å². The van der Waals surface area contributed by atoms with Crippen LogP contribution in [0.4, 0.5) is 0 Å². The van der Waals surface area contributed by atoms with Crippen LogP contribution in [0.25, 0.3) is 0 Å². The molecule has 0 spiro atoms. The molecule has 0 unspecified atom stereocenters. The minimum absolute atomic E-state index is 0.127. The first-order chi connectivity index (χ1) is 20.4. The van der Waals surface area contributed by atoms with Gasteiger partial charge in [-0.1, -0.05) is 84.1 Å². The molecule has 8 N–H and O–H groups in total. The van der Waals surface area contributed by atoms with Crippen molar-refractivity contribution >= 4 is 23.9 Å². The lowest BCUT2D eigenvalue weighted by Crippen LogP contribution is -2.31. The number of hydrogen-bond donors (Lipinski definition) is 8. The number of aliphatic hydroxyl groups is 4. The summed E-state index contributed by atoms with van der Waals surface area (Å²) in [5.41, 5.74) is 0.577. The van der Waals surface area contributed by atoms with Crippen LogP contribution in [0.3, 0.4) is 0 Å². The minimum atomic E-state index is -0.935. The van der Waals surface area contributed by atoms with Crippen LogP contribution < -0.4 is 0 Å². The molecule has 44 heavy (non-hydrogen) atoms. The monoisotopic (exact) mass is 636 g/mol. The van der Waals surface area contributed by atoms with Crippen LogP contribution in [0.5, 0.6) is 0 Å². The summed E-state index contributed by atoms with van der Waals surface area (Å²) in [6, 6.07) is 0. The molecule has 0 bridgehead atoms. The molecule has 2 aliphatic rings. The second kappa shape index (κ2) is 37.7. The van der Waals surface area contributed by atoms with Gasteiger partial charge in [-0.25, -0.2) is 19.2 Å². The predicted octanol–water partition coefficient (Wildman–Crippen LogP) is 5.07. The summed E-state index contributed by atoms with van der Waals surface area (Å²) in [6.45, 7) is 18.7. The second-order valence-electron chi connectivity index (χ2n) is 9.84. The van der Waals surface area contributed by atoms with Gasteiger partial charge in [0.2, 0.25) is 0 Å². The van der Waals surface area contributed by atoms with Crippen LogP contribution in [-0.4, -0.2) is 92.2 Å². The number of hydrogen-bond acceptors (Lipinski definition) is 8. The zero-order valence-electron chi connectivity index (χ0n) is 27.7. The Morgan fingerprint density at radius 1 is 0.455 bits per heavy atom. The Morgan fingerprint density at radius 3 is 0.682 bits per heavy atom. The maximum atomic E-state index is 9.60. The lowest BCUT2D eigenvalue weighted by Gasteiger charge is -2.33. The number of carboxylic acids is 4. The molecule has 2 saturated carbocycles. The normalized spacial score (nSPS) is 13.2. The van der Waals surface area contributed by atoms with E-state index in [-0.39, 0.29) is 40.9 Å². The van der Waals surface area contributed by atoms with Gasteiger partial charge in [-0.2, -0.15) is 0 Å². The Balaban J connectivity index is -0.0000000975. The highest BCUT2D eigenvalue weighted by molar-refractivity contribution is 5.85. The van der Waals surface area contributed by atoms with Gasteiger partial charge in [-0.15, -0.1) is 0 Å². The second-order valence-corrected chi connectivity index (χ2v) is 9.84. The van der Waals surface area contributed by atoms with Gasteiger partial charge in [-0.3, -0.25) is 0 Å². The summed E-state index contributed by atoms with van der Waals surface area (Å²) in [6.07, 6.45) is 14.6. The summed E-state index contributed by atoms with van der Waals surface area (Å²) >= 11 is 0. The highest BCUT2D eigenvalue weighted by atomic mass is 16.4. The number of carboxylic acid groups (broad SMARTS) is 4. The van der Waals surface area contributed by atoms with Gasteiger partial charge in [0.15, 0.2) is 0 Å². The molecule has 12 heteroatoms. The molecule has 0 aliphatic heterocycles. The molecule has 0 amide bonds. The molecule has 0 atom stereocenters. The third-order valence-corrected chi connectivity index (χ3v) is 5.55. The summed E-state index contributed by atoms with van der Waals surface area (Å²) in [5, 5.41) is 63.5. The maximum Gasteiger partial charge on any atom is 0.330 e. The molecule has 0 aromatic carbocycles. The molecule has 2 rings (SSSR count). The van der Waals surface area contributed by atoms with Crippen molar-refractivity contribution < 1.29 is 60.0 Å². The Morgan fingerprint density at radius 2 is 0.591 bits per heavy atom. The van der Waals surface area contributed by atoms with Crippen molar-refractivity contribution in [3.63, 3.8) is 0 Å². The van der Waals surface area contributed by atoms with Gasteiger partial charge in [0.25, 0.3) is 0 Å². The fourth-order valence-corrected chi connectivity index (χ4v) is 2.73. The smallest absolute Gasteiger partial charge is 0.330 e. The number of rotatable bonds is 6. The molecule has 0 saturated heterocycles. The van der Waals surface area contributed by atoms with Gasteiger partial charge >= 0.3 is 23.9 Å². The van der Waals surface area contributed by atoms with E-state index in [0.717, 1.165) is 27.1 Å². The first-order valence-corrected chi connectivity index (χ1v) is 14.1. The molecule has 12 nitrogen and oxygen atoms in total. The molecule has 260 valence electrons. The molecule has 2 fully saturated rings. The molecule has 0 aromatic rings. The average Bonchev–Trinajstić information content (AvgIpc) is 3.01. The maximum absolute atomic E-state index is 9.60. The first kappa shape index (κ1) is 53.3. The van der Waals surface area contributed by atoms with Gasteiger partial charge in [0.1, 0.15) is 0 Å². The van der Waals surface area contributed by atoms with Crippen LogP contribution in [0.1, 0.15) is 98.3 Å². The van der Waals surface area contributed by atoms with Gasteiger partial charge in [0, 0.05) is 41.9 Å². The van der Waals surface area contributed by atoms with E-state index in [1.54, 1.807) is 0 Å². The summed E-state index contributed by atoms with van der Waals surface area (Å²) < 4.78 is 0. The standard InChI is InChI=1S/C8H16O2.C6H12.4C4H6O2.2CH4O/c9-6-8(7-10)4-2-1-3-5-8;1-2-4-6-5-3-1;4*1-3(2)4(5)6;2*1-2/h9-10H,1-7H2;1-6H2;4*1H2,2H3,(H,5,6);2*2H,1H3. The summed E-state index contributed by atoms with van der Waals surface area (Å²) in [4.78, 5) is 38.4. The molecule has 0 aromatic heterocycles.